The molecule has 6 nitrogen and oxygen atoms in total. The molecule has 1 fully saturated rings. The molecule has 1 aromatic rings. The zero-order valence-corrected chi connectivity index (χ0v) is 13.0. The van der Waals surface area contributed by atoms with Crippen LogP contribution >= 0.6 is 0 Å². The molecule has 0 spiro atoms. The summed E-state index contributed by atoms with van der Waals surface area (Å²) < 4.78 is 9.81. The number of ether oxygens (including phenoxy) is 2. The van der Waals surface area contributed by atoms with Crippen LogP contribution in [0.2, 0.25) is 0 Å². The van der Waals surface area contributed by atoms with Crippen LogP contribution in [0.15, 0.2) is 24.3 Å². The van der Waals surface area contributed by atoms with Crippen LogP contribution in [-0.2, 0) is 16.0 Å². The second kappa shape index (κ2) is 7.68. The van der Waals surface area contributed by atoms with E-state index < -0.39 is 12.1 Å². The number of nitrogens with zero attached hydrogens (tertiary/aromatic N) is 1. The van der Waals surface area contributed by atoms with Gasteiger partial charge in [0.25, 0.3) is 0 Å². The number of hydrogen-bond donors (Lipinski definition) is 1. The molecule has 1 aromatic carbocycles. The van der Waals surface area contributed by atoms with E-state index in [2.05, 4.69) is 5.32 Å². The van der Waals surface area contributed by atoms with E-state index in [9.17, 15) is 9.59 Å². The molecular formula is C16H22N2O4. The highest BCUT2D eigenvalue weighted by atomic mass is 16.5. The Labute approximate surface area is 130 Å². The van der Waals surface area contributed by atoms with Crippen molar-refractivity contribution in [3.63, 3.8) is 0 Å². The standard InChI is InChI=1S/C16H22N2O4/c1-21-13-7-5-12(6-8-13)9-10-17-15(19)14-4-3-11-18(14)16(20)22-2/h5-8,14H,3-4,9-11H2,1-2H3,(H,17,19). The number of nitrogens with one attached hydrogen (secondary N) is 1. The maximum absolute atomic E-state index is 12.2. The molecule has 0 aliphatic carbocycles. The van der Waals surface area contributed by atoms with Gasteiger partial charge in [-0.25, -0.2) is 4.79 Å². The molecule has 0 bridgehead atoms. The first-order chi connectivity index (χ1) is 10.7. The molecule has 1 unspecified atom stereocenters. The van der Waals surface area contributed by atoms with Crippen LogP contribution < -0.4 is 10.1 Å². The zero-order chi connectivity index (χ0) is 15.9. The van der Waals surface area contributed by atoms with Crippen LogP contribution in [0.3, 0.4) is 0 Å². The largest absolute Gasteiger partial charge is 0.497 e. The number of hydrogen-bond acceptors (Lipinski definition) is 4. The predicted octanol–water partition coefficient (Wildman–Crippen LogP) is 1.58. The highest BCUT2D eigenvalue weighted by molar-refractivity contribution is 5.86. The van der Waals surface area contributed by atoms with E-state index in [0.29, 0.717) is 19.5 Å². The molecule has 1 saturated heterocycles. The van der Waals surface area contributed by atoms with E-state index in [1.807, 2.05) is 24.3 Å². The number of rotatable bonds is 5. The van der Waals surface area contributed by atoms with Crippen molar-refractivity contribution in [3.05, 3.63) is 29.8 Å². The van der Waals surface area contributed by atoms with E-state index >= 15 is 0 Å². The quantitative estimate of drug-likeness (QED) is 0.897. The number of likely N-dealkylation sites (tertiary alicyclic amines) is 1. The van der Waals surface area contributed by atoms with Crippen LogP contribution in [0.4, 0.5) is 4.79 Å². The van der Waals surface area contributed by atoms with Gasteiger partial charge in [0.05, 0.1) is 14.2 Å². The lowest BCUT2D eigenvalue weighted by Crippen LogP contribution is -2.46. The number of benzene rings is 1. The van der Waals surface area contributed by atoms with Crippen molar-refractivity contribution in [1.82, 2.24) is 10.2 Å². The first-order valence-corrected chi connectivity index (χ1v) is 7.41. The highest BCUT2D eigenvalue weighted by Gasteiger charge is 2.34. The molecule has 1 atom stereocenters. The smallest absolute Gasteiger partial charge is 0.410 e. The van der Waals surface area contributed by atoms with E-state index in [1.54, 1.807) is 7.11 Å². The fraction of sp³-hybridized carbons (Fsp3) is 0.500. The zero-order valence-electron chi connectivity index (χ0n) is 13.0. The van der Waals surface area contributed by atoms with Crippen LogP contribution in [-0.4, -0.2) is 50.3 Å². The van der Waals surface area contributed by atoms with Gasteiger partial charge in [-0.05, 0) is 37.0 Å². The van der Waals surface area contributed by atoms with Crippen LogP contribution in [0, 0.1) is 0 Å². The maximum atomic E-state index is 12.2. The Morgan fingerprint density at radius 1 is 1.27 bits per heavy atom. The van der Waals surface area contributed by atoms with Gasteiger partial charge in [0.2, 0.25) is 5.91 Å². The number of methoxy groups -OCH3 is 2. The van der Waals surface area contributed by atoms with Gasteiger partial charge in [-0.1, -0.05) is 12.1 Å². The summed E-state index contributed by atoms with van der Waals surface area (Å²) in [7, 11) is 2.96. The Bertz CT molecular complexity index is 515. The van der Waals surface area contributed by atoms with E-state index in [0.717, 1.165) is 24.2 Å². The van der Waals surface area contributed by atoms with Gasteiger partial charge in [0.1, 0.15) is 11.8 Å². The van der Waals surface area contributed by atoms with E-state index in [4.69, 9.17) is 9.47 Å². The molecule has 1 aliphatic heterocycles. The normalized spacial score (nSPS) is 17.2. The first-order valence-electron chi connectivity index (χ1n) is 7.41. The lowest BCUT2D eigenvalue weighted by Gasteiger charge is -2.22. The van der Waals surface area contributed by atoms with Gasteiger partial charge >= 0.3 is 6.09 Å². The van der Waals surface area contributed by atoms with Crippen molar-refractivity contribution in [3.8, 4) is 5.75 Å². The molecule has 2 amide bonds. The predicted molar refractivity (Wildman–Crippen MR) is 81.8 cm³/mol. The third-order valence-corrected chi connectivity index (χ3v) is 3.84. The summed E-state index contributed by atoms with van der Waals surface area (Å²) in [6.45, 7) is 1.11. The van der Waals surface area contributed by atoms with Crippen molar-refractivity contribution in [2.75, 3.05) is 27.3 Å². The molecule has 1 aliphatic rings. The average Bonchev–Trinajstić information content (AvgIpc) is 3.04. The molecule has 0 saturated carbocycles. The Balaban J connectivity index is 1.80. The maximum Gasteiger partial charge on any atom is 0.410 e. The van der Waals surface area contributed by atoms with Crippen LogP contribution in [0.1, 0.15) is 18.4 Å². The Morgan fingerprint density at radius 2 is 2.00 bits per heavy atom. The summed E-state index contributed by atoms with van der Waals surface area (Å²) in [6.07, 6.45) is 1.81. The van der Waals surface area contributed by atoms with E-state index in [1.165, 1.54) is 12.0 Å². The van der Waals surface area contributed by atoms with Gasteiger partial charge < -0.3 is 14.8 Å². The molecule has 1 N–H and O–H groups in total. The average molecular weight is 306 g/mol. The highest BCUT2D eigenvalue weighted by Crippen LogP contribution is 2.18. The summed E-state index contributed by atoms with van der Waals surface area (Å²) in [4.78, 5) is 25.3. The summed E-state index contributed by atoms with van der Waals surface area (Å²) in [5.74, 6) is 0.698. The minimum Gasteiger partial charge on any atom is -0.497 e. The van der Waals surface area contributed by atoms with Crippen molar-refractivity contribution < 1.29 is 19.1 Å². The Hall–Kier alpha value is -2.24. The summed E-state index contributed by atoms with van der Waals surface area (Å²) in [6, 6.07) is 7.33. The fourth-order valence-corrected chi connectivity index (χ4v) is 2.62. The van der Waals surface area contributed by atoms with Crippen molar-refractivity contribution in [2.24, 2.45) is 0 Å². The molecule has 0 radical (unpaired) electrons. The number of carbonyl (C=O) groups excluding carboxylic acids is 2. The van der Waals surface area contributed by atoms with E-state index in [-0.39, 0.29) is 5.91 Å². The van der Waals surface area contributed by atoms with Crippen molar-refractivity contribution >= 4 is 12.0 Å². The SMILES string of the molecule is COC(=O)N1CCCC1C(=O)NCCc1ccc(OC)cc1. The molecule has 1 heterocycles. The molecule has 2 rings (SSSR count). The van der Waals surface area contributed by atoms with Gasteiger partial charge in [-0.15, -0.1) is 0 Å². The molecule has 0 aromatic heterocycles. The van der Waals surface area contributed by atoms with Crippen LogP contribution in [0.25, 0.3) is 0 Å². The first kappa shape index (κ1) is 16.1. The summed E-state index contributed by atoms with van der Waals surface area (Å²) >= 11 is 0. The second-order valence-electron chi connectivity index (χ2n) is 5.21. The Kier molecular flexibility index (Phi) is 5.63. The molecule has 6 heteroatoms. The Morgan fingerprint density at radius 3 is 2.64 bits per heavy atom. The monoisotopic (exact) mass is 306 g/mol. The lowest BCUT2D eigenvalue weighted by molar-refractivity contribution is -0.125. The molecular weight excluding hydrogens is 284 g/mol. The second-order valence-corrected chi connectivity index (χ2v) is 5.21. The van der Waals surface area contributed by atoms with Crippen molar-refractivity contribution in [1.29, 1.82) is 0 Å². The third-order valence-electron chi connectivity index (χ3n) is 3.84. The minimum absolute atomic E-state index is 0.114. The minimum atomic E-state index is -0.437. The van der Waals surface area contributed by atoms with Gasteiger partial charge in [0, 0.05) is 13.1 Å². The topological polar surface area (TPSA) is 67.9 Å². The van der Waals surface area contributed by atoms with Crippen LogP contribution in [0.5, 0.6) is 5.75 Å². The lowest BCUT2D eigenvalue weighted by atomic mass is 10.1. The summed E-state index contributed by atoms with van der Waals surface area (Å²) in [5.41, 5.74) is 1.12. The van der Waals surface area contributed by atoms with Crippen molar-refractivity contribution in [2.45, 2.75) is 25.3 Å². The van der Waals surface area contributed by atoms with Gasteiger partial charge in [0.15, 0.2) is 0 Å². The third kappa shape index (κ3) is 3.90. The fourth-order valence-electron chi connectivity index (χ4n) is 2.62. The molecule has 22 heavy (non-hydrogen) atoms. The number of carbonyl (C=O) groups is 2. The number of amides is 2. The molecule has 120 valence electrons. The van der Waals surface area contributed by atoms with Gasteiger partial charge in [-0.3, -0.25) is 9.69 Å². The summed E-state index contributed by atoms with van der Waals surface area (Å²) in [5, 5.41) is 2.89. The van der Waals surface area contributed by atoms with Gasteiger partial charge in [-0.2, -0.15) is 0 Å².